The molecule has 1 aromatic heterocycles. The molecule has 0 atom stereocenters. The molecule has 0 unspecified atom stereocenters. The summed E-state index contributed by atoms with van der Waals surface area (Å²) in [5.41, 5.74) is 4.49. The third-order valence-corrected chi connectivity index (χ3v) is 4.33. The quantitative estimate of drug-likeness (QED) is 0.526. The highest BCUT2D eigenvalue weighted by atomic mass is 19.1. The Morgan fingerprint density at radius 3 is 2.67 bits per heavy atom. The van der Waals surface area contributed by atoms with E-state index < -0.39 is 0 Å². The summed E-state index contributed by atoms with van der Waals surface area (Å²) in [5, 5.41) is 2.81. The van der Waals surface area contributed by atoms with Gasteiger partial charge in [0.1, 0.15) is 11.3 Å². The lowest BCUT2D eigenvalue weighted by atomic mass is 10.1. The standard InChI is InChI=1S/C22H17FN2O2/c1-2-14-6-11-20-19(12-14)25-22(27-20)16-4-3-5-18(13-16)24-21(26)15-7-9-17(23)10-8-15/h3-13H,2H2,1H3,(H,24,26). The minimum absolute atomic E-state index is 0.308. The number of benzene rings is 3. The van der Waals surface area contributed by atoms with Crippen molar-refractivity contribution in [1.82, 2.24) is 4.98 Å². The second-order valence-corrected chi connectivity index (χ2v) is 6.22. The van der Waals surface area contributed by atoms with Crippen LogP contribution in [-0.2, 0) is 6.42 Å². The summed E-state index contributed by atoms with van der Waals surface area (Å²) in [7, 11) is 0. The van der Waals surface area contributed by atoms with Crippen LogP contribution in [0.3, 0.4) is 0 Å². The Balaban J connectivity index is 1.60. The first-order chi connectivity index (χ1) is 13.1. The molecular weight excluding hydrogens is 343 g/mol. The number of carbonyl (C=O) groups excluding carboxylic acids is 1. The maximum absolute atomic E-state index is 13.0. The summed E-state index contributed by atoms with van der Waals surface area (Å²) in [4.78, 5) is 16.9. The molecular formula is C22H17FN2O2. The number of oxazole rings is 1. The maximum Gasteiger partial charge on any atom is 0.255 e. The Labute approximate surface area is 155 Å². The van der Waals surface area contributed by atoms with Gasteiger partial charge in [-0.1, -0.05) is 19.1 Å². The lowest BCUT2D eigenvalue weighted by molar-refractivity contribution is 0.102. The Hall–Kier alpha value is -3.47. The average molecular weight is 360 g/mol. The summed E-state index contributed by atoms with van der Waals surface area (Å²) in [6, 6.07) is 18.6. The van der Waals surface area contributed by atoms with Crippen molar-refractivity contribution in [3.05, 3.63) is 83.7 Å². The molecule has 0 aliphatic rings. The SMILES string of the molecule is CCc1ccc2oc(-c3cccc(NC(=O)c4ccc(F)cc4)c3)nc2c1. The van der Waals surface area contributed by atoms with E-state index in [-0.39, 0.29) is 11.7 Å². The van der Waals surface area contributed by atoms with Crippen molar-refractivity contribution < 1.29 is 13.6 Å². The van der Waals surface area contributed by atoms with Crippen LogP contribution < -0.4 is 5.32 Å². The lowest BCUT2D eigenvalue weighted by Crippen LogP contribution is -2.11. The number of halogens is 1. The van der Waals surface area contributed by atoms with E-state index in [0.29, 0.717) is 17.1 Å². The van der Waals surface area contributed by atoms with Crippen LogP contribution in [0.25, 0.3) is 22.6 Å². The van der Waals surface area contributed by atoms with Crippen LogP contribution in [0.1, 0.15) is 22.8 Å². The third-order valence-electron chi connectivity index (χ3n) is 4.33. The van der Waals surface area contributed by atoms with Crippen molar-refractivity contribution in [2.45, 2.75) is 13.3 Å². The van der Waals surface area contributed by atoms with Crippen LogP contribution in [0, 0.1) is 5.82 Å². The first-order valence-corrected chi connectivity index (χ1v) is 8.69. The molecule has 0 fully saturated rings. The minimum Gasteiger partial charge on any atom is -0.436 e. The van der Waals surface area contributed by atoms with Crippen LogP contribution in [0.4, 0.5) is 10.1 Å². The number of amides is 1. The van der Waals surface area contributed by atoms with Gasteiger partial charge in [0.15, 0.2) is 5.58 Å². The highest BCUT2D eigenvalue weighted by Gasteiger charge is 2.11. The van der Waals surface area contributed by atoms with Gasteiger partial charge in [0, 0.05) is 16.8 Å². The van der Waals surface area contributed by atoms with Crippen LogP contribution in [0.5, 0.6) is 0 Å². The monoisotopic (exact) mass is 360 g/mol. The molecule has 5 heteroatoms. The van der Waals surface area contributed by atoms with E-state index in [1.54, 1.807) is 12.1 Å². The molecule has 3 aromatic carbocycles. The van der Waals surface area contributed by atoms with Crippen molar-refractivity contribution in [3.8, 4) is 11.5 Å². The van der Waals surface area contributed by atoms with E-state index in [0.717, 1.165) is 23.1 Å². The van der Waals surface area contributed by atoms with E-state index in [1.807, 2.05) is 30.3 Å². The molecule has 4 nitrogen and oxygen atoms in total. The number of anilines is 1. The van der Waals surface area contributed by atoms with E-state index in [9.17, 15) is 9.18 Å². The van der Waals surface area contributed by atoms with E-state index >= 15 is 0 Å². The van der Waals surface area contributed by atoms with E-state index in [4.69, 9.17) is 4.42 Å². The summed E-state index contributed by atoms with van der Waals surface area (Å²) in [5.74, 6) is -0.191. The number of hydrogen-bond acceptors (Lipinski definition) is 3. The molecule has 134 valence electrons. The Morgan fingerprint density at radius 1 is 1.07 bits per heavy atom. The molecule has 4 aromatic rings. The maximum atomic E-state index is 13.0. The summed E-state index contributed by atoms with van der Waals surface area (Å²) in [6.07, 6.45) is 0.934. The number of hydrogen-bond donors (Lipinski definition) is 1. The molecule has 0 spiro atoms. The predicted octanol–water partition coefficient (Wildman–Crippen LogP) is 5.45. The number of aromatic nitrogens is 1. The van der Waals surface area contributed by atoms with Crippen LogP contribution >= 0.6 is 0 Å². The van der Waals surface area contributed by atoms with Crippen molar-refractivity contribution in [2.24, 2.45) is 0 Å². The number of fused-ring (bicyclic) bond motifs is 1. The zero-order valence-electron chi connectivity index (χ0n) is 14.7. The molecule has 4 rings (SSSR count). The predicted molar refractivity (Wildman–Crippen MR) is 103 cm³/mol. The van der Waals surface area contributed by atoms with Crippen LogP contribution in [0.15, 0.2) is 71.1 Å². The van der Waals surface area contributed by atoms with Crippen LogP contribution in [0.2, 0.25) is 0 Å². The van der Waals surface area contributed by atoms with Gasteiger partial charge in [-0.05, 0) is 66.6 Å². The van der Waals surface area contributed by atoms with Crippen molar-refractivity contribution in [1.29, 1.82) is 0 Å². The van der Waals surface area contributed by atoms with Gasteiger partial charge >= 0.3 is 0 Å². The second kappa shape index (κ2) is 7.03. The Morgan fingerprint density at radius 2 is 1.89 bits per heavy atom. The van der Waals surface area contributed by atoms with Crippen LogP contribution in [-0.4, -0.2) is 10.9 Å². The van der Waals surface area contributed by atoms with Gasteiger partial charge < -0.3 is 9.73 Å². The zero-order chi connectivity index (χ0) is 18.8. The van der Waals surface area contributed by atoms with Gasteiger partial charge in [-0.3, -0.25) is 4.79 Å². The summed E-state index contributed by atoms with van der Waals surface area (Å²) >= 11 is 0. The Kier molecular flexibility index (Phi) is 4.42. The summed E-state index contributed by atoms with van der Waals surface area (Å²) in [6.45, 7) is 2.09. The van der Waals surface area contributed by atoms with Gasteiger partial charge in [0.2, 0.25) is 5.89 Å². The molecule has 0 aliphatic carbocycles. The van der Waals surface area contributed by atoms with Crippen molar-refractivity contribution in [3.63, 3.8) is 0 Å². The molecule has 0 bridgehead atoms. The van der Waals surface area contributed by atoms with Gasteiger partial charge in [-0.25, -0.2) is 9.37 Å². The van der Waals surface area contributed by atoms with Crippen molar-refractivity contribution in [2.75, 3.05) is 5.32 Å². The third kappa shape index (κ3) is 3.58. The number of nitrogens with one attached hydrogen (secondary N) is 1. The number of aryl methyl sites for hydroxylation is 1. The smallest absolute Gasteiger partial charge is 0.255 e. The topological polar surface area (TPSA) is 55.1 Å². The molecule has 1 amide bonds. The fourth-order valence-electron chi connectivity index (χ4n) is 2.85. The lowest BCUT2D eigenvalue weighted by Gasteiger charge is -2.06. The first kappa shape index (κ1) is 17.0. The normalized spacial score (nSPS) is 10.9. The molecule has 0 radical (unpaired) electrons. The summed E-state index contributed by atoms with van der Waals surface area (Å²) < 4.78 is 18.8. The number of carbonyl (C=O) groups is 1. The van der Waals surface area contributed by atoms with E-state index in [2.05, 4.69) is 17.2 Å². The highest BCUT2D eigenvalue weighted by Crippen LogP contribution is 2.27. The molecule has 1 heterocycles. The molecule has 27 heavy (non-hydrogen) atoms. The molecule has 0 saturated carbocycles. The first-order valence-electron chi connectivity index (χ1n) is 8.69. The average Bonchev–Trinajstić information content (AvgIpc) is 3.12. The molecule has 1 N–H and O–H groups in total. The molecule has 0 aliphatic heterocycles. The molecule has 0 saturated heterocycles. The highest BCUT2D eigenvalue weighted by molar-refractivity contribution is 6.04. The van der Waals surface area contributed by atoms with Gasteiger partial charge in [-0.2, -0.15) is 0 Å². The van der Waals surface area contributed by atoms with E-state index in [1.165, 1.54) is 29.8 Å². The fourth-order valence-corrected chi connectivity index (χ4v) is 2.85. The van der Waals surface area contributed by atoms with Crippen molar-refractivity contribution >= 4 is 22.7 Å². The minimum atomic E-state index is -0.379. The van der Waals surface area contributed by atoms with Gasteiger partial charge in [0.05, 0.1) is 0 Å². The van der Waals surface area contributed by atoms with Gasteiger partial charge in [-0.15, -0.1) is 0 Å². The van der Waals surface area contributed by atoms with Gasteiger partial charge in [0.25, 0.3) is 5.91 Å². The number of nitrogens with zero attached hydrogens (tertiary/aromatic N) is 1. The second-order valence-electron chi connectivity index (χ2n) is 6.22. The largest absolute Gasteiger partial charge is 0.436 e. The Bertz CT molecular complexity index is 1120. The fraction of sp³-hybridized carbons (Fsp3) is 0.0909. The zero-order valence-corrected chi connectivity index (χ0v) is 14.7. The number of rotatable bonds is 4.